The number of esters is 1. The van der Waals surface area contributed by atoms with Crippen molar-refractivity contribution in [3.8, 4) is 11.5 Å². The van der Waals surface area contributed by atoms with Gasteiger partial charge in [0.25, 0.3) is 0 Å². The number of carbonyl (C=O) groups excluding carboxylic acids is 2. The molecule has 0 aliphatic carbocycles. The van der Waals surface area contributed by atoms with Gasteiger partial charge in [-0.3, -0.25) is 4.79 Å². The van der Waals surface area contributed by atoms with Crippen molar-refractivity contribution in [3.63, 3.8) is 0 Å². The first-order chi connectivity index (χ1) is 13.5. The fraction of sp³-hybridized carbons (Fsp3) is 0.429. The first-order valence-electron chi connectivity index (χ1n) is 9.25. The third kappa shape index (κ3) is 4.36. The number of hydrogen-bond donors (Lipinski definition) is 0. The molecule has 7 nitrogen and oxygen atoms in total. The number of aromatic nitrogens is 1. The summed E-state index contributed by atoms with van der Waals surface area (Å²) in [6, 6.07) is 8.93. The van der Waals surface area contributed by atoms with Crippen LogP contribution in [0.1, 0.15) is 28.2 Å². The van der Waals surface area contributed by atoms with Crippen LogP contribution in [-0.4, -0.2) is 49.4 Å². The first kappa shape index (κ1) is 19.9. The molecule has 1 aliphatic heterocycles. The van der Waals surface area contributed by atoms with E-state index < -0.39 is 12.1 Å². The molecule has 0 radical (unpaired) electrons. The number of hydrogen-bond acceptors (Lipinski definition) is 6. The zero-order chi connectivity index (χ0) is 20.1. The van der Waals surface area contributed by atoms with Crippen LogP contribution >= 0.6 is 0 Å². The van der Waals surface area contributed by atoms with Gasteiger partial charge in [-0.15, -0.1) is 0 Å². The van der Waals surface area contributed by atoms with E-state index in [2.05, 4.69) is 4.57 Å². The second-order valence-corrected chi connectivity index (χ2v) is 6.68. The van der Waals surface area contributed by atoms with E-state index in [1.807, 2.05) is 26.0 Å². The number of methoxy groups -OCH3 is 1. The van der Waals surface area contributed by atoms with Crippen molar-refractivity contribution in [2.24, 2.45) is 0 Å². The standard InChI is InChI=1S/C21H25NO6/c1-14-11-16(15(2)22(14)9-6-10-25-3)17(23)12-27-21(24)20-13-26-18-7-4-5-8-19(18)28-20/h4-5,7-8,11,20H,6,9-10,12-13H2,1-3H3/t20-/m0/s1. The molecule has 0 spiro atoms. The van der Waals surface area contributed by atoms with E-state index in [9.17, 15) is 9.59 Å². The average Bonchev–Trinajstić information content (AvgIpc) is 3.00. The summed E-state index contributed by atoms with van der Waals surface area (Å²) in [5.74, 6) is 0.221. The number of ether oxygens (including phenoxy) is 4. The maximum atomic E-state index is 12.6. The van der Waals surface area contributed by atoms with Gasteiger partial charge in [0, 0.05) is 37.2 Å². The smallest absolute Gasteiger partial charge is 0.351 e. The highest BCUT2D eigenvalue weighted by atomic mass is 16.6. The number of nitrogens with zero attached hydrogens (tertiary/aromatic N) is 1. The second-order valence-electron chi connectivity index (χ2n) is 6.68. The number of aryl methyl sites for hydroxylation is 1. The van der Waals surface area contributed by atoms with E-state index in [0.29, 0.717) is 23.7 Å². The van der Waals surface area contributed by atoms with E-state index >= 15 is 0 Å². The van der Waals surface area contributed by atoms with Crippen LogP contribution in [0.15, 0.2) is 30.3 Å². The summed E-state index contributed by atoms with van der Waals surface area (Å²) in [7, 11) is 1.67. The molecule has 1 aromatic heterocycles. The van der Waals surface area contributed by atoms with Crippen molar-refractivity contribution >= 4 is 11.8 Å². The molecule has 1 aromatic carbocycles. The third-order valence-corrected chi connectivity index (χ3v) is 4.72. The van der Waals surface area contributed by atoms with Crippen molar-refractivity contribution in [3.05, 3.63) is 47.3 Å². The molecule has 1 aliphatic rings. The van der Waals surface area contributed by atoms with Gasteiger partial charge in [0.05, 0.1) is 0 Å². The van der Waals surface area contributed by atoms with Gasteiger partial charge < -0.3 is 23.5 Å². The maximum absolute atomic E-state index is 12.6. The number of fused-ring (bicyclic) bond motifs is 1. The summed E-state index contributed by atoms with van der Waals surface area (Å²) in [6.07, 6.45) is -0.0279. The molecule has 1 atom stereocenters. The maximum Gasteiger partial charge on any atom is 0.351 e. The Morgan fingerprint density at radius 1 is 1.21 bits per heavy atom. The quantitative estimate of drug-likeness (QED) is 0.394. The van der Waals surface area contributed by atoms with E-state index in [-0.39, 0.29) is 19.0 Å². The number of rotatable bonds is 8. The van der Waals surface area contributed by atoms with Crippen LogP contribution in [0.3, 0.4) is 0 Å². The summed E-state index contributed by atoms with van der Waals surface area (Å²) < 4.78 is 23.5. The molecule has 0 fully saturated rings. The molecule has 0 amide bonds. The molecule has 3 rings (SSSR count). The van der Waals surface area contributed by atoms with Crippen molar-refractivity contribution in [2.45, 2.75) is 32.9 Å². The topological polar surface area (TPSA) is 76.0 Å². The highest BCUT2D eigenvalue weighted by Gasteiger charge is 2.29. The van der Waals surface area contributed by atoms with Crippen LogP contribution in [0.25, 0.3) is 0 Å². The molecule has 2 aromatic rings. The Morgan fingerprint density at radius 2 is 1.96 bits per heavy atom. The zero-order valence-corrected chi connectivity index (χ0v) is 16.4. The molecule has 0 saturated heterocycles. The van der Waals surface area contributed by atoms with Gasteiger partial charge in [0.15, 0.2) is 18.1 Å². The summed E-state index contributed by atoms with van der Waals surface area (Å²) >= 11 is 0. The van der Waals surface area contributed by atoms with Gasteiger partial charge in [-0.05, 0) is 38.5 Å². The Balaban J connectivity index is 1.57. The Kier molecular flexibility index (Phi) is 6.36. The van der Waals surface area contributed by atoms with Gasteiger partial charge in [0.2, 0.25) is 11.9 Å². The van der Waals surface area contributed by atoms with E-state index in [1.54, 1.807) is 25.3 Å². The van der Waals surface area contributed by atoms with Gasteiger partial charge >= 0.3 is 5.97 Å². The molecular weight excluding hydrogens is 362 g/mol. The molecule has 0 saturated carbocycles. The lowest BCUT2D eigenvalue weighted by atomic mass is 10.1. The number of Topliss-reactive ketones (excluding diaryl/α,β-unsaturated/α-hetero) is 1. The number of para-hydroxylation sites is 2. The minimum absolute atomic E-state index is 0.0536. The Morgan fingerprint density at radius 3 is 2.71 bits per heavy atom. The molecule has 28 heavy (non-hydrogen) atoms. The predicted molar refractivity (Wildman–Crippen MR) is 102 cm³/mol. The van der Waals surface area contributed by atoms with Crippen LogP contribution in [0, 0.1) is 13.8 Å². The zero-order valence-electron chi connectivity index (χ0n) is 16.4. The molecule has 0 N–H and O–H groups in total. The fourth-order valence-corrected chi connectivity index (χ4v) is 3.24. The van der Waals surface area contributed by atoms with Crippen LogP contribution in [-0.2, 0) is 20.8 Å². The minimum atomic E-state index is -0.885. The van der Waals surface area contributed by atoms with Crippen LogP contribution in [0.4, 0.5) is 0 Å². The highest BCUT2D eigenvalue weighted by Crippen LogP contribution is 2.31. The lowest BCUT2D eigenvalue weighted by Crippen LogP contribution is -2.38. The largest absolute Gasteiger partial charge is 0.485 e. The molecule has 0 bridgehead atoms. The Hall–Kier alpha value is -2.80. The Labute approximate surface area is 164 Å². The van der Waals surface area contributed by atoms with Crippen molar-refractivity contribution in [1.82, 2.24) is 4.57 Å². The van der Waals surface area contributed by atoms with Gasteiger partial charge in [0.1, 0.15) is 6.61 Å². The van der Waals surface area contributed by atoms with Gasteiger partial charge in [-0.25, -0.2) is 4.79 Å². The molecule has 0 unspecified atom stereocenters. The Bertz CT molecular complexity index is 857. The van der Waals surface area contributed by atoms with Crippen LogP contribution < -0.4 is 9.47 Å². The number of benzene rings is 1. The average molecular weight is 387 g/mol. The summed E-state index contributed by atoms with van der Waals surface area (Å²) in [5.41, 5.74) is 2.42. The predicted octanol–water partition coefficient (Wildman–Crippen LogP) is 2.71. The van der Waals surface area contributed by atoms with Crippen molar-refractivity contribution in [1.29, 1.82) is 0 Å². The molecule has 2 heterocycles. The number of ketones is 1. The lowest BCUT2D eigenvalue weighted by Gasteiger charge is -2.24. The van der Waals surface area contributed by atoms with Crippen molar-refractivity contribution < 1.29 is 28.5 Å². The van der Waals surface area contributed by atoms with Crippen LogP contribution in [0.5, 0.6) is 11.5 Å². The van der Waals surface area contributed by atoms with Gasteiger partial charge in [-0.2, -0.15) is 0 Å². The summed E-state index contributed by atoms with van der Waals surface area (Å²) in [6.45, 7) is 4.99. The second kappa shape index (κ2) is 8.93. The third-order valence-electron chi connectivity index (χ3n) is 4.72. The minimum Gasteiger partial charge on any atom is -0.485 e. The summed E-state index contributed by atoms with van der Waals surface area (Å²) in [4.78, 5) is 24.8. The normalized spacial score (nSPS) is 15.3. The fourth-order valence-electron chi connectivity index (χ4n) is 3.24. The van der Waals surface area contributed by atoms with E-state index in [4.69, 9.17) is 18.9 Å². The van der Waals surface area contributed by atoms with E-state index in [0.717, 1.165) is 24.4 Å². The molecular formula is C21H25NO6. The molecule has 7 heteroatoms. The van der Waals surface area contributed by atoms with Gasteiger partial charge in [-0.1, -0.05) is 12.1 Å². The first-order valence-corrected chi connectivity index (χ1v) is 9.25. The lowest BCUT2D eigenvalue weighted by molar-refractivity contribution is -0.153. The van der Waals surface area contributed by atoms with Crippen molar-refractivity contribution in [2.75, 3.05) is 26.9 Å². The van der Waals surface area contributed by atoms with E-state index in [1.165, 1.54) is 0 Å². The highest BCUT2D eigenvalue weighted by molar-refractivity contribution is 5.99. The monoisotopic (exact) mass is 387 g/mol. The number of carbonyl (C=O) groups is 2. The summed E-state index contributed by atoms with van der Waals surface area (Å²) in [5, 5.41) is 0. The SMILES string of the molecule is COCCCn1c(C)cc(C(=O)COC(=O)[C@@H]2COc3ccccc3O2)c1C. The van der Waals surface area contributed by atoms with Crippen LogP contribution in [0.2, 0.25) is 0 Å². The molecule has 150 valence electrons.